The van der Waals surface area contributed by atoms with Crippen LogP contribution in [0.2, 0.25) is 5.02 Å². The van der Waals surface area contributed by atoms with Gasteiger partial charge in [-0.05, 0) is 48.9 Å². The summed E-state index contributed by atoms with van der Waals surface area (Å²) in [5, 5.41) is 3.29. The van der Waals surface area contributed by atoms with Crippen molar-refractivity contribution in [3.05, 3.63) is 65.5 Å². The maximum Gasteiger partial charge on any atom is 0.272 e. The Labute approximate surface area is 226 Å². The molecule has 0 saturated carbocycles. The Morgan fingerprint density at radius 3 is 2.84 bits per heavy atom. The number of rotatable bonds is 8. The zero-order valence-corrected chi connectivity index (χ0v) is 21.8. The number of hydrogen-bond acceptors (Lipinski definition) is 8. The van der Waals surface area contributed by atoms with Crippen molar-refractivity contribution in [1.82, 2.24) is 24.7 Å². The molecule has 1 aliphatic heterocycles. The monoisotopic (exact) mass is 560 g/mol. The van der Waals surface area contributed by atoms with Crippen LogP contribution >= 0.6 is 23.5 Å². The topological polar surface area (TPSA) is 103 Å². The van der Waals surface area contributed by atoms with Gasteiger partial charge < -0.3 is 23.9 Å². The van der Waals surface area contributed by atoms with Crippen molar-refractivity contribution >= 4 is 40.7 Å². The van der Waals surface area contributed by atoms with Crippen LogP contribution in [0.1, 0.15) is 23.3 Å². The largest absolute Gasteiger partial charge is 0.480 e. The van der Waals surface area contributed by atoms with E-state index in [9.17, 15) is 9.18 Å². The van der Waals surface area contributed by atoms with Crippen molar-refractivity contribution in [2.75, 3.05) is 31.6 Å². The van der Waals surface area contributed by atoms with Crippen LogP contribution in [0.15, 0.2) is 48.0 Å². The smallest absolute Gasteiger partial charge is 0.272 e. The number of nitrogens with one attached hydrogen (secondary N) is 2. The molecule has 9 nitrogen and oxygen atoms in total. The van der Waals surface area contributed by atoms with E-state index in [1.807, 2.05) is 0 Å². The first-order valence-electron chi connectivity index (χ1n) is 11.7. The fourth-order valence-electron chi connectivity index (χ4n) is 4.08. The molecule has 1 aromatic carbocycles. The molecule has 0 aliphatic carbocycles. The number of anilines is 1. The number of methoxy groups -OCH3 is 1. The van der Waals surface area contributed by atoms with E-state index in [-0.39, 0.29) is 28.5 Å². The molecule has 5 rings (SSSR count). The molecule has 1 fully saturated rings. The van der Waals surface area contributed by atoms with Crippen molar-refractivity contribution in [3.8, 4) is 17.1 Å². The highest BCUT2D eigenvalue weighted by molar-refractivity contribution is 8.00. The number of aromatic nitrogens is 4. The number of nitrogens with zero attached hydrogens (tertiary/aromatic N) is 4. The Morgan fingerprint density at radius 2 is 2.05 bits per heavy atom. The van der Waals surface area contributed by atoms with Crippen LogP contribution in [0.3, 0.4) is 0 Å². The van der Waals surface area contributed by atoms with E-state index in [1.54, 1.807) is 6.07 Å². The second kappa shape index (κ2) is 11.5. The van der Waals surface area contributed by atoms with E-state index in [0.717, 1.165) is 30.9 Å². The average Bonchev–Trinajstić information content (AvgIpc) is 3.35. The van der Waals surface area contributed by atoms with E-state index in [0.29, 0.717) is 47.0 Å². The Morgan fingerprint density at radius 1 is 1.24 bits per heavy atom. The number of hydrogen-bond donors (Lipinski definition) is 2. The van der Waals surface area contributed by atoms with Gasteiger partial charge in [0.2, 0.25) is 5.88 Å². The van der Waals surface area contributed by atoms with Gasteiger partial charge in [0.15, 0.2) is 11.5 Å². The van der Waals surface area contributed by atoms with Crippen molar-refractivity contribution < 1.29 is 23.0 Å². The third-order valence-electron chi connectivity index (χ3n) is 6.12. The summed E-state index contributed by atoms with van der Waals surface area (Å²) >= 11 is 7.02. The SMILES string of the molecule is COc1ncc(Cl)cc1SNc1ccc(F)c(-c2cn3cnc(C(=O)NCC4CCOCC4)c3cn2)c1F. The Kier molecular flexibility index (Phi) is 7.91. The minimum atomic E-state index is -0.840. The molecule has 0 unspecified atom stereocenters. The molecular formula is C25H23ClF2N6O3S. The molecule has 0 spiro atoms. The molecule has 1 aliphatic rings. The summed E-state index contributed by atoms with van der Waals surface area (Å²) in [6.45, 7) is 1.91. The van der Waals surface area contributed by atoms with Crippen LogP contribution in [0.5, 0.6) is 5.88 Å². The molecule has 4 aromatic rings. The minimum absolute atomic E-state index is 0.0223. The lowest BCUT2D eigenvalue weighted by atomic mass is 10.0. The van der Waals surface area contributed by atoms with Gasteiger partial charge in [0.25, 0.3) is 5.91 Å². The van der Waals surface area contributed by atoms with Gasteiger partial charge in [0, 0.05) is 32.2 Å². The second-order valence-electron chi connectivity index (χ2n) is 8.57. The van der Waals surface area contributed by atoms with Crippen molar-refractivity contribution in [1.29, 1.82) is 0 Å². The van der Waals surface area contributed by atoms with Crippen molar-refractivity contribution in [2.24, 2.45) is 5.92 Å². The molecule has 3 aromatic heterocycles. The maximum atomic E-state index is 15.5. The lowest BCUT2D eigenvalue weighted by Gasteiger charge is -2.21. The van der Waals surface area contributed by atoms with Gasteiger partial charge in [-0.3, -0.25) is 9.78 Å². The standard InChI is InChI=1S/C25H23ClF2N6O3S/c1-36-25-20(8-15(26)10-31-25)38-33-17-3-2-16(27)21(22(17)28)18-12-34-13-32-23(19(34)11-29-18)24(35)30-9-14-4-6-37-7-5-14/h2-3,8,10-14,33H,4-7,9H2,1H3,(H,30,35). The second-order valence-corrected chi connectivity index (χ2v) is 9.86. The highest BCUT2D eigenvalue weighted by atomic mass is 35.5. The fourth-order valence-corrected chi connectivity index (χ4v) is 5.09. The van der Waals surface area contributed by atoms with Crippen LogP contribution in [-0.2, 0) is 4.74 Å². The molecule has 0 bridgehead atoms. The molecule has 198 valence electrons. The van der Waals surface area contributed by atoms with Crippen LogP contribution in [-0.4, -0.2) is 52.1 Å². The molecule has 1 amide bonds. The number of imidazole rings is 1. The first kappa shape index (κ1) is 26.1. The number of ether oxygens (including phenoxy) is 2. The van der Waals surface area contributed by atoms with E-state index < -0.39 is 11.6 Å². The number of carbonyl (C=O) groups excluding carboxylic acids is 1. The maximum absolute atomic E-state index is 15.5. The summed E-state index contributed by atoms with van der Waals surface area (Å²) in [5.41, 5.74) is 0.342. The third-order valence-corrected chi connectivity index (χ3v) is 7.16. The summed E-state index contributed by atoms with van der Waals surface area (Å²) in [4.78, 5) is 25.8. The summed E-state index contributed by atoms with van der Waals surface area (Å²) in [5.74, 6) is -1.31. The van der Waals surface area contributed by atoms with E-state index in [2.05, 4.69) is 25.0 Å². The van der Waals surface area contributed by atoms with Gasteiger partial charge in [-0.2, -0.15) is 0 Å². The quantitative estimate of drug-likeness (QED) is 0.290. The normalized spacial score (nSPS) is 14.0. The number of benzene rings is 1. The first-order valence-corrected chi connectivity index (χ1v) is 12.9. The van der Waals surface area contributed by atoms with Crippen LogP contribution < -0.4 is 14.8 Å². The molecule has 13 heteroatoms. The summed E-state index contributed by atoms with van der Waals surface area (Å²) in [6, 6.07) is 4.03. The number of carbonyl (C=O) groups is 1. The molecule has 0 atom stereocenters. The van der Waals surface area contributed by atoms with Crippen LogP contribution in [0, 0.1) is 17.6 Å². The van der Waals surface area contributed by atoms with Crippen molar-refractivity contribution in [2.45, 2.75) is 17.7 Å². The average molecular weight is 561 g/mol. The van der Waals surface area contributed by atoms with Gasteiger partial charge in [-0.15, -0.1) is 0 Å². The number of halogens is 3. The summed E-state index contributed by atoms with van der Waals surface area (Å²) < 4.78 is 45.2. The lowest BCUT2D eigenvalue weighted by Crippen LogP contribution is -2.32. The lowest BCUT2D eigenvalue weighted by molar-refractivity contribution is 0.0642. The Balaban J connectivity index is 1.36. The zero-order valence-electron chi connectivity index (χ0n) is 20.2. The summed E-state index contributed by atoms with van der Waals surface area (Å²) in [7, 11) is 1.45. The number of pyridine rings is 1. The number of amides is 1. The highest BCUT2D eigenvalue weighted by Gasteiger charge is 2.21. The Hall–Kier alpha value is -3.48. The van der Waals surface area contributed by atoms with Gasteiger partial charge >= 0.3 is 0 Å². The minimum Gasteiger partial charge on any atom is -0.480 e. The predicted octanol–water partition coefficient (Wildman–Crippen LogP) is 5.01. The third kappa shape index (κ3) is 5.52. The molecule has 2 N–H and O–H groups in total. The fraction of sp³-hybridized carbons (Fsp3) is 0.280. The van der Waals surface area contributed by atoms with Gasteiger partial charge in [0.1, 0.15) is 12.1 Å². The van der Waals surface area contributed by atoms with E-state index in [4.69, 9.17) is 21.1 Å². The Bertz CT molecular complexity index is 1480. The predicted molar refractivity (Wildman–Crippen MR) is 139 cm³/mol. The van der Waals surface area contributed by atoms with E-state index >= 15 is 4.39 Å². The van der Waals surface area contributed by atoms with Crippen LogP contribution in [0.25, 0.3) is 16.8 Å². The highest BCUT2D eigenvalue weighted by Crippen LogP contribution is 2.35. The van der Waals surface area contributed by atoms with Gasteiger partial charge in [-0.1, -0.05) is 11.6 Å². The number of fused-ring (bicyclic) bond motifs is 1. The molecule has 38 heavy (non-hydrogen) atoms. The molecule has 1 saturated heterocycles. The van der Waals surface area contributed by atoms with Gasteiger partial charge in [-0.25, -0.2) is 18.7 Å². The summed E-state index contributed by atoms with van der Waals surface area (Å²) in [6.07, 6.45) is 7.43. The van der Waals surface area contributed by atoms with E-state index in [1.165, 1.54) is 42.5 Å². The molecule has 0 radical (unpaired) electrons. The van der Waals surface area contributed by atoms with Crippen molar-refractivity contribution in [3.63, 3.8) is 0 Å². The molecular weight excluding hydrogens is 538 g/mol. The first-order chi connectivity index (χ1) is 18.4. The van der Waals surface area contributed by atoms with Gasteiger partial charge in [0.05, 0.1) is 45.7 Å². The molecule has 4 heterocycles. The van der Waals surface area contributed by atoms with Crippen LogP contribution in [0.4, 0.5) is 14.5 Å². The zero-order chi connectivity index (χ0) is 26.6.